The lowest BCUT2D eigenvalue weighted by Gasteiger charge is -2.13. The Hall–Kier alpha value is -1.98. The van der Waals surface area contributed by atoms with Crippen LogP contribution >= 0.6 is 15.9 Å². The van der Waals surface area contributed by atoms with Crippen molar-refractivity contribution in [2.45, 2.75) is 13.8 Å². The second-order valence-electron chi connectivity index (χ2n) is 5.59. The van der Waals surface area contributed by atoms with Crippen molar-refractivity contribution in [1.29, 1.82) is 0 Å². The highest BCUT2D eigenvalue weighted by Gasteiger charge is 2.19. The molecule has 4 rings (SSSR count). The third-order valence-electron chi connectivity index (χ3n) is 4.26. The first-order chi connectivity index (χ1) is 11.0. The number of aromatic hydroxyl groups is 1. The highest BCUT2D eigenvalue weighted by molar-refractivity contribution is 9.10. The summed E-state index contributed by atoms with van der Waals surface area (Å²) in [5.74, 6) is 1.67. The molecule has 24 heavy (non-hydrogen) atoms. The van der Waals surface area contributed by atoms with Gasteiger partial charge < -0.3 is 27.0 Å². The molecule has 0 atom stereocenters. The van der Waals surface area contributed by atoms with Crippen LogP contribution in [-0.4, -0.2) is 16.9 Å². The quantitative estimate of drug-likeness (QED) is 0.667. The highest BCUT2D eigenvalue weighted by Crippen LogP contribution is 2.40. The van der Waals surface area contributed by atoms with Gasteiger partial charge in [0, 0.05) is 21.5 Å². The molecule has 3 aromatic rings. The fourth-order valence-electron chi connectivity index (χ4n) is 2.87. The maximum absolute atomic E-state index is 10.2. The van der Waals surface area contributed by atoms with Crippen molar-refractivity contribution in [1.82, 2.24) is 4.98 Å². The molecule has 0 spiro atoms. The summed E-state index contributed by atoms with van der Waals surface area (Å²) in [6.07, 6.45) is 0. The molecule has 0 bridgehead atoms. The van der Waals surface area contributed by atoms with E-state index in [1.54, 1.807) is 12.1 Å². The third kappa shape index (κ3) is 2.58. The van der Waals surface area contributed by atoms with Crippen LogP contribution in [0.5, 0.6) is 17.2 Å². The van der Waals surface area contributed by atoms with E-state index in [0.29, 0.717) is 11.3 Å². The maximum Gasteiger partial charge on any atom is 0.231 e. The molecule has 0 amide bonds. The van der Waals surface area contributed by atoms with Gasteiger partial charge in [0.25, 0.3) is 0 Å². The van der Waals surface area contributed by atoms with Gasteiger partial charge in [0.2, 0.25) is 6.79 Å². The molecule has 0 saturated heterocycles. The molecule has 1 N–H and O–H groups in total. The zero-order valence-electron chi connectivity index (χ0n) is 13.1. The maximum atomic E-state index is 10.2. The predicted octanol–water partition coefficient (Wildman–Crippen LogP) is 1.72. The molecule has 2 aromatic carbocycles. The molecule has 6 heteroatoms. The molecule has 2 heterocycles. The van der Waals surface area contributed by atoms with Gasteiger partial charge in [0.05, 0.1) is 11.2 Å². The molecular weight excluding hydrogens is 394 g/mol. The van der Waals surface area contributed by atoms with Crippen LogP contribution in [0.25, 0.3) is 22.2 Å². The van der Waals surface area contributed by atoms with Gasteiger partial charge in [0.1, 0.15) is 5.75 Å². The summed E-state index contributed by atoms with van der Waals surface area (Å²) in [5, 5.41) is 11.3. The Morgan fingerprint density at radius 2 is 1.75 bits per heavy atom. The van der Waals surface area contributed by atoms with Crippen molar-refractivity contribution >= 4 is 26.8 Å². The van der Waals surface area contributed by atoms with E-state index in [9.17, 15) is 5.11 Å². The smallest absolute Gasteiger partial charge is 0.231 e. The van der Waals surface area contributed by atoms with Crippen LogP contribution in [0.2, 0.25) is 0 Å². The van der Waals surface area contributed by atoms with Gasteiger partial charge in [-0.2, -0.15) is 0 Å². The molecule has 4 nitrogen and oxygen atoms in total. The van der Waals surface area contributed by atoms with Crippen molar-refractivity contribution in [3.05, 3.63) is 45.9 Å². The minimum Gasteiger partial charge on any atom is -1.00 e. The summed E-state index contributed by atoms with van der Waals surface area (Å²) in [6, 6.07) is 9.21. The van der Waals surface area contributed by atoms with Crippen molar-refractivity contribution in [2.24, 2.45) is 0 Å². The number of pyridine rings is 1. The second-order valence-corrected chi connectivity index (χ2v) is 6.51. The number of aryl methyl sites for hydroxylation is 1. The predicted molar refractivity (Wildman–Crippen MR) is 92.1 cm³/mol. The number of benzene rings is 2. The van der Waals surface area contributed by atoms with Crippen LogP contribution in [-0.2, 0) is 0 Å². The lowest BCUT2D eigenvalue weighted by molar-refractivity contribution is -0.00000712. The summed E-state index contributed by atoms with van der Waals surface area (Å²) in [6.45, 7) is 4.31. The van der Waals surface area contributed by atoms with Crippen LogP contribution < -0.4 is 21.9 Å². The lowest BCUT2D eigenvalue weighted by Crippen LogP contribution is -3.00. The molecule has 1 aliphatic rings. The molecule has 1 aromatic heterocycles. The van der Waals surface area contributed by atoms with Gasteiger partial charge in [-0.1, -0.05) is 15.9 Å². The third-order valence-corrected chi connectivity index (χ3v) is 4.75. The van der Waals surface area contributed by atoms with E-state index >= 15 is 0 Å². The van der Waals surface area contributed by atoms with E-state index in [1.807, 2.05) is 25.1 Å². The van der Waals surface area contributed by atoms with Gasteiger partial charge in [0.15, 0.2) is 11.5 Å². The summed E-state index contributed by atoms with van der Waals surface area (Å²) in [7, 11) is 0. The zero-order chi connectivity index (χ0) is 16.1. The monoisotopic (exact) mass is 406 g/mol. The first-order valence-electron chi connectivity index (χ1n) is 7.24. The number of nitrogens with zero attached hydrogens (tertiary/aromatic N) is 1. The number of ether oxygens (including phenoxy) is 2. The van der Waals surface area contributed by atoms with E-state index in [-0.39, 0.29) is 24.9 Å². The molecule has 0 fully saturated rings. The number of hydrogen-bond acceptors (Lipinski definition) is 4. The van der Waals surface area contributed by atoms with E-state index in [4.69, 9.17) is 14.5 Å². The fraction of sp³-hybridized carbons (Fsp3) is 0.167. The van der Waals surface area contributed by atoms with Gasteiger partial charge in [-0.05, 0) is 49.2 Å². The Morgan fingerprint density at radius 1 is 1.04 bits per heavy atom. The summed E-state index contributed by atoms with van der Waals surface area (Å²) < 4.78 is 11.8. The Kier molecular flexibility index (Phi) is 4.32. The average Bonchev–Trinajstić information content (AvgIpc) is 2.99. The Morgan fingerprint density at radius 3 is 2.50 bits per heavy atom. The SMILES string of the molecule is Cc1c(-c2cc(Br)ccc2O)nc2cc3c(cc2c1C)OCO3.[Cl-]. The van der Waals surface area contributed by atoms with Crippen LogP contribution in [0.3, 0.4) is 0 Å². The standard InChI is InChI=1S/C18H14BrNO3.ClH/c1-9-10(2)18(13-5-11(19)3-4-15(13)21)20-14-7-17-16(6-12(9)14)22-8-23-17;/h3-7,21H,8H2,1-2H3;1H/p-1. The molecule has 0 radical (unpaired) electrons. The van der Waals surface area contributed by atoms with Crippen LogP contribution in [0, 0.1) is 13.8 Å². The molecule has 0 saturated carbocycles. The van der Waals surface area contributed by atoms with Gasteiger partial charge in [-0.3, -0.25) is 0 Å². The van der Waals surface area contributed by atoms with E-state index in [1.165, 1.54) is 0 Å². The molecule has 1 aliphatic heterocycles. The van der Waals surface area contributed by atoms with E-state index < -0.39 is 0 Å². The normalized spacial score (nSPS) is 12.3. The number of hydrogen-bond donors (Lipinski definition) is 1. The number of fused-ring (bicyclic) bond motifs is 2. The first kappa shape index (κ1) is 16.9. The minimum absolute atomic E-state index is 0. The Balaban J connectivity index is 0.00000169. The number of aromatic nitrogens is 1. The van der Waals surface area contributed by atoms with Crippen molar-refractivity contribution in [2.75, 3.05) is 6.79 Å². The number of halogens is 2. The molecule has 0 aliphatic carbocycles. The van der Waals surface area contributed by atoms with Gasteiger partial charge in [-0.15, -0.1) is 0 Å². The van der Waals surface area contributed by atoms with E-state index in [0.717, 1.165) is 37.9 Å². The van der Waals surface area contributed by atoms with Crippen molar-refractivity contribution < 1.29 is 27.0 Å². The first-order valence-corrected chi connectivity index (χ1v) is 8.03. The van der Waals surface area contributed by atoms with Crippen molar-refractivity contribution in [3.63, 3.8) is 0 Å². The second kappa shape index (κ2) is 6.15. The zero-order valence-corrected chi connectivity index (χ0v) is 15.4. The van der Waals surface area contributed by atoms with Crippen LogP contribution in [0.15, 0.2) is 34.8 Å². The fourth-order valence-corrected chi connectivity index (χ4v) is 3.23. The average molecular weight is 408 g/mol. The molecular formula is C18H14BrClNO3-. The largest absolute Gasteiger partial charge is 1.00 e. The Labute approximate surface area is 154 Å². The topological polar surface area (TPSA) is 51.6 Å². The number of phenols is 1. The van der Waals surface area contributed by atoms with E-state index in [2.05, 4.69) is 22.9 Å². The minimum atomic E-state index is 0. The molecule has 124 valence electrons. The number of phenolic OH excluding ortho intramolecular Hbond substituents is 1. The number of rotatable bonds is 1. The summed E-state index contributed by atoms with van der Waals surface area (Å²) in [4.78, 5) is 4.77. The van der Waals surface area contributed by atoms with Gasteiger partial charge in [-0.25, -0.2) is 4.98 Å². The van der Waals surface area contributed by atoms with Crippen LogP contribution in [0.4, 0.5) is 0 Å². The van der Waals surface area contributed by atoms with Crippen molar-refractivity contribution in [3.8, 4) is 28.5 Å². The van der Waals surface area contributed by atoms with Gasteiger partial charge >= 0.3 is 0 Å². The van der Waals surface area contributed by atoms with Crippen LogP contribution in [0.1, 0.15) is 11.1 Å². The highest BCUT2D eigenvalue weighted by atomic mass is 79.9. The molecule has 0 unspecified atom stereocenters. The Bertz CT molecular complexity index is 959. The summed E-state index contributed by atoms with van der Waals surface area (Å²) in [5.41, 5.74) is 4.45. The summed E-state index contributed by atoms with van der Waals surface area (Å²) >= 11 is 3.45. The lowest BCUT2D eigenvalue weighted by atomic mass is 9.98.